The topological polar surface area (TPSA) is 51.6 Å². The van der Waals surface area contributed by atoms with E-state index in [-0.39, 0.29) is 12.1 Å². The molecule has 2 unspecified atom stereocenters. The quantitative estimate of drug-likeness (QED) is 0.887. The van der Waals surface area contributed by atoms with E-state index in [1.165, 1.54) is 5.56 Å². The van der Waals surface area contributed by atoms with Crippen molar-refractivity contribution in [3.8, 4) is 5.75 Å². The zero-order valence-electron chi connectivity index (χ0n) is 13.2. The highest BCUT2D eigenvalue weighted by molar-refractivity contribution is 5.36. The van der Waals surface area contributed by atoms with Crippen LogP contribution in [0, 0.1) is 6.92 Å². The van der Waals surface area contributed by atoms with E-state index < -0.39 is 0 Å². The van der Waals surface area contributed by atoms with E-state index >= 15 is 0 Å². The molecule has 0 fully saturated rings. The van der Waals surface area contributed by atoms with Gasteiger partial charge in [-0.2, -0.15) is 0 Å². The van der Waals surface area contributed by atoms with Gasteiger partial charge in [-0.3, -0.25) is 4.90 Å². The van der Waals surface area contributed by atoms with E-state index in [2.05, 4.69) is 18.0 Å². The summed E-state index contributed by atoms with van der Waals surface area (Å²) in [7, 11) is 3.77. The number of nitrogens with two attached hydrogens (primary N) is 1. The average molecular weight is 288 g/mol. The SMILES string of the molecule is COc1ccccc1C(C(C)N)N(C)Cc1ccoc1C. The Labute approximate surface area is 126 Å². The van der Waals surface area contributed by atoms with Crippen molar-refractivity contribution in [2.75, 3.05) is 14.2 Å². The molecule has 0 saturated heterocycles. The van der Waals surface area contributed by atoms with Crippen molar-refractivity contribution in [2.45, 2.75) is 32.5 Å². The summed E-state index contributed by atoms with van der Waals surface area (Å²) in [6.07, 6.45) is 1.72. The Morgan fingerprint density at radius 2 is 2.00 bits per heavy atom. The number of ether oxygens (including phenoxy) is 1. The summed E-state index contributed by atoms with van der Waals surface area (Å²) in [5.41, 5.74) is 8.53. The molecule has 2 rings (SSSR count). The van der Waals surface area contributed by atoms with E-state index in [0.29, 0.717) is 0 Å². The third-order valence-corrected chi connectivity index (χ3v) is 3.82. The molecule has 2 aromatic rings. The van der Waals surface area contributed by atoms with E-state index in [9.17, 15) is 0 Å². The third kappa shape index (κ3) is 3.46. The van der Waals surface area contributed by atoms with Crippen molar-refractivity contribution in [3.05, 3.63) is 53.5 Å². The maximum Gasteiger partial charge on any atom is 0.123 e. The van der Waals surface area contributed by atoms with Gasteiger partial charge < -0.3 is 14.9 Å². The van der Waals surface area contributed by atoms with Crippen molar-refractivity contribution < 1.29 is 9.15 Å². The van der Waals surface area contributed by atoms with Gasteiger partial charge in [0.15, 0.2) is 0 Å². The van der Waals surface area contributed by atoms with Crippen LogP contribution < -0.4 is 10.5 Å². The summed E-state index contributed by atoms with van der Waals surface area (Å²) in [5, 5.41) is 0. The zero-order valence-corrected chi connectivity index (χ0v) is 13.2. The lowest BCUT2D eigenvalue weighted by Gasteiger charge is -2.32. The Kier molecular flexibility index (Phi) is 5.04. The predicted molar refractivity (Wildman–Crippen MR) is 84.3 cm³/mol. The van der Waals surface area contributed by atoms with Crippen LogP contribution in [0.3, 0.4) is 0 Å². The number of hydrogen-bond acceptors (Lipinski definition) is 4. The molecule has 0 amide bonds. The minimum atomic E-state index is -0.0153. The molecule has 2 atom stereocenters. The van der Waals surface area contributed by atoms with Crippen LogP contribution in [-0.4, -0.2) is 25.1 Å². The van der Waals surface area contributed by atoms with Crippen LogP contribution in [0.15, 0.2) is 41.0 Å². The molecule has 0 aliphatic heterocycles. The van der Waals surface area contributed by atoms with Crippen LogP contribution in [0.5, 0.6) is 5.75 Å². The summed E-state index contributed by atoms with van der Waals surface area (Å²) in [5.74, 6) is 1.82. The standard InChI is InChI=1S/C17H24N2O2/c1-12(18)17(15-7-5-6-8-16(15)20-4)19(3)11-14-9-10-21-13(14)2/h5-10,12,17H,11,18H2,1-4H3. The molecule has 1 heterocycles. The first-order chi connectivity index (χ1) is 10.0. The lowest BCUT2D eigenvalue weighted by Crippen LogP contribution is -2.37. The smallest absolute Gasteiger partial charge is 0.123 e. The van der Waals surface area contributed by atoms with Crippen molar-refractivity contribution in [1.82, 2.24) is 4.90 Å². The summed E-state index contributed by atoms with van der Waals surface area (Å²) in [6, 6.07) is 10.1. The third-order valence-electron chi connectivity index (χ3n) is 3.82. The van der Waals surface area contributed by atoms with Crippen molar-refractivity contribution in [2.24, 2.45) is 5.73 Å². The molecule has 0 radical (unpaired) electrons. The molecule has 0 spiro atoms. The highest BCUT2D eigenvalue weighted by Crippen LogP contribution is 2.31. The van der Waals surface area contributed by atoms with Crippen LogP contribution in [0.2, 0.25) is 0 Å². The summed E-state index contributed by atoms with van der Waals surface area (Å²) >= 11 is 0. The van der Waals surface area contributed by atoms with Gasteiger partial charge in [0.1, 0.15) is 11.5 Å². The maximum absolute atomic E-state index is 6.24. The molecule has 4 nitrogen and oxygen atoms in total. The van der Waals surface area contributed by atoms with Gasteiger partial charge in [-0.25, -0.2) is 0 Å². The molecule has 21 heavy (non-hydrogen) atoms. The van der Waals surface area contributed by atoms with Crippen LogP contribution in [0.25, 0.3) is 0 Å². The fourth-order valence-electron chi connectivity index (χ4n) is 2.78. The summed E-state index contributed by atoms with van der Waals surface area (Å²) in [6.45, 7) is 4.79. The number of likely N-dealkylation sites (N-methyl/N-ethyl adjacent to an activating group) is 1. The number of hydrogen-bond donors (Lipinski definition) is 1. The van der Waals surface area contributed by atoms with Gasteiger partial charge >= 0.3 is 0 Å². The van der Waals surface area contributed by atoms with Gasteiger partial charge in [0.2, 0.25) is 0 Å². The second-order valence-corrected chi connectivity index (χ2v) is 5.46. The molecule has 0 aliphatic carbocycles. The summed E-state index contributed by atoms with van der Waals surface area (Å²) in [4.78, 5) is 2.24. The molecular weight excluding hydrogens is 264 g/mol. The highest BCUT2D eigenvalue weighted by Gasteiger charge is 2.24. The summed E-state index contributed by atoms with van der Waals surface area (Å²) < 4.78 is 10.9. The lowest BCUT2D eigenvalue weighted by atomic mass is 9.98. The highest BCUT2D eigenvalue weighted by atomic mass is 16.5. The van der Waals surface area contributed by atoms with Crippen molar-refractivity contribution in [3.63, 3.8) is 0 Å². The van der Waals surface area contributed by atoms with Crippen molar-refractivity contribution >= 4 is 0 Å². The van der Waals surface area contributed by atoms with Gasteiger partial charge in [-0.05, 0) is 33.0 Å². The number of para-hydroxylation sites is 1. The number of benzene rings is 1. The minimum Gasteiger partial charge on any atom is -0.496 e. The van der Waals surface area contributed by atoms with Gasteiger partial charge in [-0.15, -0.1) is 0 Å². The molecule has 1 aromatic carbocycles. The van der Waals surface area contributed by atoms with E-state index in [0.717, 1.165) is 23.6 Å². The second-order valence-electron chi connectivity index (χ2n) is 5.46. The fourth-order valence-corrected chi connectivity index (χ4v) is 2.78. The first kappa shape index (κ1) is 15.6. The monoisotopic (exact) mass is 288 g/mol. The predicted octanol–water partition coefficient (Wildman–Crippen LogP) is 3.12. The molecule has 0 bridgehead atoms. The number of rotatable bonds is 6. The van der Waals surface area contributed by atoms with Crippen molar-refractivity contribution in [1.29, 1.82) is 0 Å². The molecule has 114 valence electrons. The first-order valence-electron chi connectivity index (χ1n) is 7.16. The Morgan fingerprint density at radius 3 is 2.57 bits per heavy atom. The fraction of sp³-hybridized carbons (Fsp3) is 0.412. The van der Waals surface area contributed by atoms with E-state index in [1.54, 1.807) is 13.4 Å². The minimum absolute atomic E-state index is 0.0153. The average Bonchev–Trinajstić information content (AvgIpc) is 2.84. The van der Waals surface area contributed by atoms with E-state index in [1.807, 2.05) is 38.1 Å². The Morgan fingerprint density at radius 1 is 1.29 bits per heavy atom. The van der Waals surface area contributed by atoms with Gasteiger partial charge in [0.05, 0.1) is 19.4 Å². The second kappa shape index (κ2) is 6.78. The van der Waals surface area contributed by atoms with E-state index in [4.69, 9.17) is 14.9 Å². The normalized spacial score (nSPS) is 14.2. The molecule has 2 N–H and O–H groups in total. The molecule has 4 heteroatoms. The van der Waals surface area contributed by atoms with Gasteiger partial charge in [-0.1, -0.05) is 18.2 Å². The maximum atomic E-state index is 6.24. The Bertz CT molecular complexity index is 578. The molecule has 0 saturated carbocycles. The lowest BCUT2D eigenvalue weighted by molar-refractivity contribution is 0.205. The van der Waals surface area contributed by atoms with Crippen LogP contribution in [-0.2, 0) is 6.54 Å². The van der Waals surface area contributed by atoms with Crippen LogP contribution >= 0.6 is 0 Å². The zero-order chi connectivity index (χ0) is 15.4. The number of furan rings is 1. The Hall–Kier alpha value is -1.78. The van der Waals surface area contributed by atoms with Gasteiger partial charge in [0.25, 0.3) is 0 Å². The van der Waals surface area contributed by atoms with Gasteiger partial charge in [0, 0.05) is 23.7 Å². The molecule has 0 aliphatic rings. The Balaban J connectivity index is 2.28. The number of nitrogens with zero attached hydrogens (tertiary/aromatic N) is 1. The molecular formula is C17H24N2O2. The first-order valence-corrected chi connectivity index (χ1v) is 7.16. The number of methoxy groups -OCH3 is 1. The van der Waals surface area contributed by atoms with Crippen LogP contribution in [0.4, 0.5) is 0 Å². The molecule has 1 aromatic heterocycles. The van der Waals surface area contributed by atoms with Crippen LogP contribution in [0.1, 0.15) is 29.9 Å². The largest absolute Gasteiger partial charge is 0.496 e. The number of aryl methyl sites for hydroxylation is 1.